The standard InChI is InChI=1S/C12H10F2N2O/c13-8-1-2-12(11(14)5-8)17-7-10-6-9(15)3-4-16-10/h1-6H,7H2,(H2,15,16). The molecule has 0 aliphatic heterocycles. The number of nitrogens with zero attached hydrogens (tertiary/aromatic N) is 1. The molecule has 0 aliphatic rings. The van der Waals surface area contributed by atoms with Gasteiger partial charge in [0.05, 0.1) is 5.69 Å². The molecule has 0 unspecified atom stereocenters. The smallest absolute Gasteiger partial charge is 0.167 e. The highest BCUT2D eigenvalue weighted by atomic mass is 19.1. The van der Waals surface area contributed by atoms with E-state index in [-0.39, 0.29) is 12.4 Å². The molecule has 0 saturated heterocycles. The van der Waals surface area contributed by atoms with Gasteiger partial charge < -0.3 is 10.5 Å². The Morgan fingerprint density at radius 3 is 2.71 bits per heavy atom. The Morgan fingerprint density at radius 2 is 2.00 bits per heavy atom. The van der Waals surface area contributed by atoms with Gasteiger partial charge in [-0.1, -0.05) is 0 Å². The first-order valence-corrected chi connectivity index (χ1v) is 4.93. The number of halogens is 2. The van der Waals surface area contributed by atoms with Crippen LogP contribution in [-0.4, -0.2) is 4.98 Å². The zero-order valence-corrected chi connectivity index (χ0v) is 8.86. The third-order valence-electron chi connectivity index (χ3n) is 2.11. The molecule has 0 radical (unpaired) electrons. The zero-order valence-electron chi connectivity index (χ0n) is 8.86. The summed E-state index contributed by atoms with van der Waals surface area (Å²) in [5, 5.41) is 0. The molecule has 0 spiro atoms. The first kappa shape index (κ1) is 11.3. The van der Waals surface area contributed by atoms with E-state index in [0.717, 1.165) is 12.1 Å². The summed E-state index contributed by atoms with van der Waals surface area (Å²) in [6, 6.07) is 6.40. The molecule has 0 aliphatic carbocycles. The molecule has 1 aromatic heterocycles. The quantitative estimate of drug-likeness (QED) is 0.890. The largest absolute Gasteiger partial charge is 0.484 e. The summed E-state index contributed by atoms with van der Waals surface area (Å²) in [5.41, 5.74) is 6.69. The van der Waals surface area contributed by atoms with Crippen LogP contribution in [0.4, 0.5) is 14.5 Å². The predicted octanol–water partition coefficient (Wildman–Crippen LogP) is 2.52. The van der Waals surface area contributed by atoms with E-state index in [1.165, 1.54) is 12.3 Å². The summed E-state index contributed by atoms with van der Waals surface area (Å²) in [5.74, 6) is -1.40. The zero-order chi connectivity index (χ0) is 12.3. The lowest BCUT2D eigenvalue weighted by molar-refractivity contribution is 0.285. The van der Waals surface area contributed by atoms with Crippen LogP contribution in [0.15, 0.2) is 36.5 Å². The maximum atomic E-state index is 13.2. The predicted molar refractivity (Wildman–Crippen MR) is 59.3 cm³/mol. The lowest BCUT2D eigenvalue weighted by Gasteiger charge is -2.06. The molecular formula is C12H10F2N2O. The fraction of sp³-hybridized carbons (Fsp3) is 0.0833. The Balaban J connectivity index is 2.07. The molecule has 0 bridgehead atoms. The molecule has 3 nitrogen and oxygen atoms in total. The Kier molecular flexibility index (Phi) is 3.18. The summed E-state index contributed by atoms with van der Waals surface area (Å²) < 4.78 is 31.0. The average molecular weight is 236 g/mol. The number of benzene rings is 1. The van der Waals surface area contributed by atoms with E-state index in [4.69, 9.17) is 10.5 Å². The van der Waals surface area contributed by atoms with Crippen molar-refractivity contribution in [2.24, 2.45) is 0 Å². The molecule has 2 rings (SSSR count). The van der Waals surface area contributed by atoms with Crippen LogP contribution in [0.2, 0.25) is 0 Å². The minimum Gasteiger partial charge on any atom is -0.484 e. The topological polar surface area (TPSA) is 48.1 Å². The molecule has 2 aromatic rings. The van der Waals surface area contributed by atoms with Crippen molar-refractivity contribution in [3.05, 3.63) is 53.9 Å². The summed E-state index contributed by atoms with van der Waals surface area (Å²) in [6.07, 6.45) is 1.54. The van der Waals surface area contributed by atoms with E-state index in [0.29, 0.717) is 11.4 Å². The van der Waals surface area contributed by atoms with Gasteiger partial charge in [-0.25, -0.2) is 8.78 Å². The average Bonchev–Trinajstić information content (AvgIpc) is 2.28. The first-order chi connectivity index (χ1) is 8.15. The highest BCUT2D eigenvalue weighted by molar-refractivity contribution is 5.37. The maximum Gasteiger partial charge on any atom is 0.167 e. The van der Waals surface area contributed by atoms with Gasteiger partial charge in [0, 0.05) is 18.0 Å². The van der Waals surface area contributed by atoms with Gasteiger partial charge in [-0.05, 0) is 24.3 Å². The van der Waals surface area contributed by atoms with E-state index in [1.54, 1.807) is 12.1 Å². The van der Waals surface area contributed by atoms with Crippen molar-refractivity contribution in [2.45, 2.75) is 6.61 Å². The van der Waals surface area contributed by atoms with E-state index < -0.39 is 11.6 Å². The molecule has 0 amide bonds. The van der Waals surface area contributed by atoms with Crippen LogP contribution < -0.4 is 10.5 Å². The third-order valence-corrected chi connectivity index (χ3v) is 2.11. The van der Waals surface area contributed by atoms with Gasteiger partial charge in [0.15, 0.2) is 11.6 Å². The van der Waals surface area contributed by atoms with Crippen LogP contribution >= 0.6 is 0 Å². The Hall–Kier alpha value is -2.17. The fourth-order valence-corrected chi connectivity index (χ4v) is 1.32. The normalized spacial score (nSPS) is 10.2. The van der Waals surface area contributed by atoms with Crippen LogP contribution in [0.1, 0.15) is 5.69 Å². The summed E-state index contributed by atoms with van der Waals surface area (Å²) >= 11 is 0. The second-order valence-corrected chi connectivity index (χ2v) is 3.44. The minimum atomic E-state index is -0.742. The second-order valence-electron chi connectivity index (χ2n) is 3.44. The van der Waals surface area contributed by atoms with Gasteiger partial charge >= 0.3 is 0 Å². The van der Waals surface area contributed by atoms with Gasteiger partial charge in [0.1, 0.15) is 12.4 Å². The summed E-state index contributed by atoms with van der Waals surface area (Å²) in [6.45, 7) is 0.0770. The second kappa shape index (κ2) is 4.78. The van der Waals surface area contributed by atoms with Crippen LogP contribution in [0.3, 0.4) is 0 Å². The molecular weight excluding hydrogens is 226 g/mol. The van der Waals surface area contributed by atoms with E-state index in [1.807, 2.05) is 0 Å². The highest BCUT2D eigenvalue weighted by Crippen LogP contribution is 2.18. The molecule has 1 heterocycles. The van der Waals surface area contributed by atoms with Crippen LogP contribution in [0.5, 0.6) is 5.75 Å². The van der Waals surface area contributed by atoms with Gasteiger partial charge in [0.25, 0.3) is 0 Å². The molecule has 0 atom stereocenters. The van der Waals surface area contributed by atoms with Gasteiger partial charge in [0.2, 0.25) is 0 Å². The van der Waals surface area contributed by atoms with Crippen LogP contribution in [0.25, 0.3) is 0 Å². The number of ether oxygens (including phenoxy) is 1. The number of hydrogen-bond donors (Lipinski definition) is 1. The van der Waals surface area contributed by atoms with E-state index in [2.05, 4.69) is 4.98 Å². The van der Waals surface area contributed by atoms with Crippen molar-refractivity contribution in [2.75, 3.05) is 5.73 Å². The van der Waals surface area contributed by atoms with Crippen molar-refractivity contribution in [3.63, 3.8) is 0 Å². The molecule has 88 valence electrons. The van der Waals surface area contributed by atoms with E-state index in [9.17, 15) is 8.78 Å². The molecule has 1 aromatic carbocycles. The number of aromatic nitrogens is 1. The highest BCUT2D eigenvalue weighted by Gasteiger charge is 2.05. The number of pyridine rings is 1. The number of nitrogen functional groups attached to an aromatic ring is 1. The van der Waals surface area contributed by atoms with Gasteiger partial charge in [-0.15, -0.1) is 0 Å². The summed E-state index contributed by atoms with van der Waals surface area (Å²) in [4.78, 5) is 4.00. The van der Waals surface area contributed by atoms with Crippen molar-refractivity contribution >= 4 is 5.69 Å². The Morgan fingerprint density at radius 1 is 1.18 bits per heavy atom. The van der Waals surface area contributed by atoms with Crippen molar-refractivity contribution in [1.29, 1.82) is 0 Å². The molecule has 2 N–H and O–H groups in total. The van der Waals surface area contributed by atoms with Gasteiger partial charge in [-0.2, -0.15) is 0 Å². The number of rotatable bonds is 3. The number of nitrogens with two attached hydrogens (primary N) is 1. The molecule has 0 fully saturated rings. The van der Waals surface area contributed by atoms with Crippen molar-refractivity contribution < 1.29 is 13.5 Å². The lowest BCUT2D eigenvalue weighted by Crippen LogP contribution is -2.00. The lowest BCUT2D eigenvalue weighted by atomic mass is 10.3. The van der Waals surface area contributed by atoms with Crippen LogP contribution in [-0.2, 0) is 6.61 Å². The molecule has 0 saturated carbocycles. The van der Waals surface area contributed by atoms with Crippen molar-refractivity contribution in [1.82, 2.24) is 4.98 Å². The first-order valence-electron chi connectivity index (χ1n) is 4.93. The van der Waals surface area contributed by atoms with Crippen molar-refractivity contribution in [3.8, 4) is 5.75 Å². The third kappa shape index (κ3) is 2.90. The Labute approximate surface area is 96.9 Å². The Bertz CT molecular complexity index is 532. The SMILES string of the molecule is Nc1ccnc(COc2ccc(F)cc2F)c1. The number of anilines is 1. The van der Waals surface area contributed by atoms with E-state index >= 15 is 0 Å². The molecule has 5 heteroatoms. The monoisotopic (exact) mass is 236 g/mol. The van der Waals surface area contributed by atoms with Crippen LogP contribution in [0, 0.1) is 11.6 Å². The summed E-state index contributed by atoms with van der Waals surface area (Å²) in [7, 11) is 0. The minimum absolute atomic E-state index is 0.0179. The fourth-order valence-electron chi connectivity index (χ4n) is 1.32. The molecule has 17 heavy (non-hydrogen) atoms. The maximum absolute atomic E-state index is 13.2. The number of hydrogen-bond acceptors (Lipinski definition) is 3. The van der Waals surface area contributed by atoms with Gasteiger partial charge in [-0.3, -0.25) is 4.98 Å².